The third kappa shape index (κ3) is 3.62. The second-order valence-electron chi connectivity index (χ2n) is 3.99. The lowest BCUT2D eigenvalue weighted by molar-refractivity contribution is -0.137. The maximum Gasteiger partial charge on any atom is 0.416 e. The Kier molecular flexibility index (Phi) is 3.97. The molecule has 0 aliphatic rings. The van der Waals surface area contributed by atoms with E-state index in [-0.39, 0.29) is 17.3 Å². The van der Waals surface area contributed by atoms with Crippen LogP contribution in [0.15, 0.2) is 47.8 Å². The van der Waals surface area contributed by atoms with Crippen LogP contribution in [0.4, 0.5) is 13.2 Å². The molecule has 0 bridgehead atoms. The zero-order valence-electron chi connectivity index (χ0n) is 10.5. The number of rotatable bonds is 3. The number of hydrogen-bond acceptors (Lipinski definition) is 4. The van der Waals surface area contributed by atoms with E-state index in [9.17, 15) is 13.2 Å². The van der Waals surface area contributed by atoms with Gasteiger partial charge in [-0.1, -0.05) is 5.16 Å². The molecule has 1 aromatic carbocycles. The number of oxime groups is 1. The fourth-order valence-electron chi connectivity index (χ4n) is 1.49. The summed E-state index contributed by atoms with van der Waals surface area (Å²) in [6.07, 6.45) is -3.08. The Labute approximate surface area is 117 Å². The van der Waals surface area contributed by atoms with Crippen LogP contribution < -0.4 is 10.5 Å². The molecule has 21 heavy (non-hydrogen) atoms. The third-order valence-corrected chi connectivity index (χ3v) is 2.52. The van der Waals surface area contributed by atoms with Gasteiger partial charge in [-0.3, -0.25) is 0 Å². The molecule has 1 aromatic heterocycles. The van der Waals surface area contributed by atoms with E-state index in [1.807, 2.05) is 0 Å². The zero-order chi connectivity index (χ0) is 15.5. The molecule has 0 saturated carbocycles. The lowest BCUT2D eigenvalue weighted by atomic mass is 10.2. The van der Waals surface area contributed by atoms with E-state index in [0.717, 1.165) is 12.1 Å². The Hall–Kier alpha value is -2.77. The van der Waals surface area contributed by atoms with E-state index >= 15 is 0 Å². The largest absolute Gasteiger partial charge is 0.456 e. The highest BCUT2D eigenvalue weighted by atomic mass is 19.4. The molecule has 0 saturated heterocycles. The molecule has 2 rings (SSSR count). The minimum Gasteiger partial charge on any atom is -0.456 e. The van der Waals surface area contributed by atoms with E-state index in [0.29, 0.717) is 5.75 Å². The van der Waals surface area contributed by atoms with Crippen molar-refractivity contribution in [2.75, 3.05) is 0 Å². The average Bonchev–Trinajstić information content (AvgIpc) is 2.47. The first-order chi connectivity index (χ1) is 9.90. The predicted octanol–water partition coefficient (Wildman–Crippen LogP) is 2.99. The van der Waals surface area contributed by atoms with Crippen molar-refractivity contribution >= 4 is 5.84 Å². The van der Waals surface area contributed by atoms with E-state index in [1.54, 1.807) is 0 Å². The summed E-state index contributed by atoms with van der Waals surface area (Å²) in [6, 6.07) is 7.22. The number of halogens is 3. The summed E-state index contributed by atoms with van der Waals surface area (Å²) in [6.45, 7) is 0. The van der Waals surface area contributed by atoms with Gasteiger partial charge in [0.15, 0.2) is 5.84 Å². The highest BCUT2D eigenvalue weighted by Crippen LogP contribution is 2.31. The summed E-state index contributed by atoms with van der Waals surface area (Å²) in [5.41, 5.74) is 4.84. The SMILES string of the molecule is N/C(=N/O)c1ccc(Oc2ccc(C(F)(F)F)cc2)cn1. The van der Waals surface area contributed by atoms with Crippen molar-refractivity contribution in [3.8, 4) is 11.5 Å². The van der Waals surface area contributed by atoms with Crippen LogP contribution in [-0.2, 0) is 6.18 Å². The minimum atomic E-state index is -4.39. The number of pyridine rings is 1. The fourth-order valence-corrected chi connectivity index (χ4v) is 1.49. The summed E-state index contributed by atoms with van der Waals surface area (Å²) in [7, 11) is 0. The summed E-state index contributed by atoms with van der Waals surface area (Å²) in [4.78, 5) is 3.88. The number of amidine groups is 1. The highest BCUT2D eigenvalue weighted by Gasteiger charge is 2.30. The number of aromatic nitrogens is 1. The Balaban J connectivity index is 2.11. The first kappa shape index (κ1) is 14.6. The molecule has 0 amide bonds. The minimum absolute atomic E-state index is 0.156. The van der Waals surface area contributed by atoms with Crippen molar-refractivity contribution in [2.24, 2.45) is 10.9 Å². The van der Waals surface area contributed by atoms with Crippen LogP contribution in [0.5, 0.6) is 11.5 Å². The number of alkyl halides is 3. The number of hydrogen-bond donors (Lipinski definition) is 2. The monoisotopic (exact) mass is 297 g/mol. The predicted molar refractivity (Wildman–Crippen MR) is 68.3 cm³/mol. The van der Waals surface area contributed by atoms with Crippen LogP contribution in [-0.4, -0.2) is 16.0 Å². The van der Waals surface area contributed by atoms with Gasteiger partial charge in [0.1, 0.15) is 17.2 Å². The quantitative estimate of drug-likeness (QED) is 0.395. The highest BCUT2D eigenvalue weighted by molar-refractivity contribution is 5.95. The lowest BCUT2D eigenvalue weighted by Gasteiger charge is -2.09. The number of benzene rings is 1. The van der Waals surface area contributed by atoms with Crippen LogP contribution >= 0.6 is 0 Å². The molecular weight excluding hydrogens is 287 g/mol. The average molecular weight is 297 g/mol. The molecule has 1 heterocycles. The van der Waals surface area contributed by atoms with Gasteiger partial charge in [-0.25, -0.2) is 4.98 Å². The van der Waals surface area contributed by atoms with Crippen LogP contribution in [0.25, 0.3) is 0 Å². The molecule has 110 valence electrons. The molecule has 8 heteroatoms. The van der Waals surface area contributed by atoms with E-state index in [2.05, 4.69) is 10.1 Å². The van der Waals surface area contributed by atoms with Crippen molar-refractivity contribution in [1.82, 2.24) is 4.98 Å². The number of nitrogens with two attached hydrogens (primary N) is 1. The Morgan fingerprint density at radius 3 is 2.19 bits per heavy atom. The first-order valence-electron chi connectivity index (χ1n) is 5.69. The number of nitrogens with zero attached hydrogens (tertiary/aromatic N) is 2. The molecule has 2 aromatic rings. The second-order valence-corrected chi connectivity index (χ2v) is 3.99. The van der Waals surface area contributed by atoms with Gasteiger partial charge in [0.05, 0.1) is 11.8 Å². The molecule has 0 atom stereocenters. The van der Waals surface area contributed by atoms with E-state index in [1.165, 1.54) is 30.5 Å². The van der Waals surface area contributed by atoms with Crippen molar-refractivity contribution in [2.45, 2.75) is 6.18 Å². The zero-order valence-corrected chi connectivity index (χ0v) is 10.5. The van der Waals surface area contributed by atoms with Crippen LogP contribution in [0.1, 0.15) is 11.3 Å². The molecule has 0 unspecified atom stereocenters. The van der Waals surface area contributed by atoms with Gasteiger partial charge in [-0.05, 0) is 36.4 Å². The number of ether oxygens (including phenoxy) is 1. The van der Waals surface area contributed by atoms with Gasteiger partial charge in [0.2, 0.25) is 0 Å². The molecule has 0 aliphatic carbocycles. The van der Waals surface area contributed by atoms with Crippen LogP contribution in [0.3, 0.4) is 0 Å². The van der Waals surface area contributed by atoms with Gasteiger partial charge in [0.25, 0.3) is 0 Å². The Bertz CT molecular complexity index is 637. The normalized spacial score (nSPS) is 12.2. The summed E-state index contributed by atoms with van der Waals surface area (Å²) in [5, 5.41) is 11.3. The van der Waals surface area contributed by atoms with Crippen LogP contribution in [0, 0.1) is 0 Å². The van der Waals surface area contributed by atoms with E-state index < -0.39 is 11.7 Å². The molecule has 0 aliphatic heterocycles. The summed E-state index contributed by atoms with van der Waals surface area (Å²) >= 11 is 0. The third-order valence-electron chi connectivity index (χ3n) is 2.52. The summed E-state index contributed by atoms with van der Waals surface area (Å²) in [5.74, 6) is 0.390. The molecule has 0 fully saturated rings. The van der Waals surface area contributed by atoms with E-state index in [4.69, 9.17) is 15.7 Å². The van der Waals surface area contributed by atoms with Crippen molar-refractivity contribution in [3.63, 3.8) is 0 Å². The van der Waals surface area contributed by atoms with Gasteiger partial charge >= 0.3 is 6.18 Å². The molecule has 0 radical (unpaired) electrons. The lowest BCUT2D eigenvalue weighted by Crippen LogP contribution is -2.14. The molecular formula is C13H10F3N3O2. The van der Waals surface area contributed by atoms with Crippen LogP contribution in [0.2, 0.25) is 0 Å². The maximum absolute atomic E-state index is 12.4. The first-order valence-corrected chi connectivity index (χ1v) is 5.69. The molecule has 3 N–H and O–H groups in total. The van der Waals surface area contributed by atoms with Gasteiger partial charge in [-0.2, -0.15) is 13.2 Å². The van der Waals surface area contributed by atoms with Gasteiger partial charge < -0.3 is 15.7 Å². The Morgan fingerprint density at radius 1 is 1.10 bits per heavy atom. The fraction of sp³-hybridized carbons (Fsp3) is 0.0769. The Morgan fingerprint density at radius 2 is 1.71 bits per heavy atom. The molecule has 0 spiro atoms. The van der Waals surface area contributed by atoms with Gasteiger partial charge in [0, 0.05) is 0 Å². The van der Waals surface area contributed by atoms with Crippen molar-refractivity contribution < 1.29 is 23.1 Å². The van der Waals surface area contributed by atoms with Crippen molar-refractivity contribution in [3.05, 3.63) is 53.9 Å². The standard InChI is InChI=1S/C13H10F3N3O2/c14-13(15,16)8-1-3-9(4-2-8)21-10-5-6-11(18-7-10)12(17)19-20/h1-7,20H,(H2,17,19). The van der Waals surface area contributed by atoms with Gasteiger partial charge in [-0.15, -0.1) is 0 Å². The maximum atomic E-state index is 12.4. The topological polar surface area (TPSA) is 80.7 Å². The molecule has 5 nitrogen and oxygen atoms in total. The second kappa shape index (κ2) is 5.70. The smallest absolute Gasteiger partial charge is 0.416 e. The summed E-state index contributed by atoms with van der Waals surface area (Å²) < 4.78 is 42.6. The van der Waals surface area contributed by atoms with Crippen molar-refractivity contribution in [1.29, 1.82) is 0 Å².